The zero-order chi connectivity index (χ0) is 16.6. The number of nitro groups is 1. The molecule has 0 radical (unpaired) electrons. The third-order valence-corrected chi connectivity index (χ3v) is 4.31. The number of rotatable bonds is 3. The van der Waals surface area contributed by atoms with Crippen LogP contribution in [0, 0.1) is 10.1 Å². The van der Waals surface area contributed by atoms with Gasteiger partial charge in [0.05, 0.1) is 4.92 Å². The average Bonchev–Trinajstić information content (AvgIpc) is 3.03. The molecule has 1 aromatic carbocycles. The van der Waals surface area contributed by atoms with E-state index in [9.17, 15) is 14.9 Å². The summed E-state index contributed by atoms with van der Waals surface area (Å²) in [4.78, 5) is 25.0. The molecule has 1 aliphatic heterocycles. The van der Waals surface area contributed by atoms with Crippen LogP contribution >= 0.6 is 0 Å². The number of nitrogens with zero attached hydrogens (tertiary/aromatic N) is 4. The van der Waals surface area contributed by atoms with Crippen LogP contribution in [0.1, 0.15) is 31.9 Å². The van der Waals surface area contributed by atoms with Gasteiger partial charge in [0.15, 0.2) is 0 Å². The van der Waals surface area contributed by atoms with Crippen LogP contribution in [-0.4, -0.2) is 26.7 Å². The van der Waals surface area contributed by atoms with Crippen LogP contribution in [0.3, 0.4) is 0 Å². The molecule has 0 spiro atoms. The molecule has 23 heavy (non-hydrogen) atoms. The summed E-state index contributed by atoms with van der Waals surface area (Å²) in [6.07, 6.45) is 4.30. The van der Waals surface area contributed by atoms with Gasteiger partial charge < -0.3 is 4.90 Å². The molecule has 2 atom stereocenters. The number of carbonyl (C=O) groups is 1. The summed E-state index contributed by atoms with van der Waals surface area (Å²) >= 11 is 0. The normalized spacial score (nSPS) is 18.3. The molecular formula is C16H18N4O3. The Morgan fingerprint density at radius 2 is 2.17 bits per heavy atom. The van der Waals surface area contributed by atoms with Crippen LogP contribution in [0.2, 0.25) is 0 Å². The molecule has 1 amide bonds. The minimum atomic E-state index is -0.600. The SMILES string of the molecule is C[C@@H]1CCc2ccccc2N1C(=O)[C@H](C)n1cc([N+](=O)[O-])cn1. The van der Waals surface area contributed by atoms with Crippen molar-refractivity contribution in [3.05, 3.63) is 52.3 Å². The molecule has 0 unspecified atom stereocenters. The van der Waals surface area contributed by atoms with Crippen LogP contribution in [0.4, 0.5) is 11.4 Å². The standard InChI is InChI=1S/C16H18N4O3/c1-11-7-8-13-5-3-4-6-15(13)19(11)16(21)12(2)18-10-14(9-17-18)20(22)23/h3-6,9-12H,7-8H2,1-2H3/t11-,12+/m1/s1. The molecule has 1 aromatic heterocycles. The quantitative estimate of drug-likeness (QED) is 0.644. The molecule has 7 heteroatoms. The van der Waals surface area contributed by atoms with Crippen LogP contribution in [0.15, 0.2) is 36.7 Å². The first kappa shape index (κ1) is 15.2. The van der Waals surface area contributed by atoms with E-state index in [1.807, 2.05) is 31.2 Å². The fourth-order valence-corrected chi connectivity index (χ4v) is 2.97. The average molecular weight is 314 g/mol. The third kappa shape index (κ3) is 2.69. The van der Waals surface area contributed by atoms with E-state index in [1.165, 1.54) is 10.9 Å². The summed E-state index contributed by atoms with van der Waals surface area (Å²) < 4.78 is 1.35. The first-order chi connectivity index (χ1) is 11.0. The van der Waals surface area contributed by atoms with Gasteiger partial charge in [-0.3, -0.25) is 19.6 Å². The van der Waals surface area contributed by atoms with Crippen LogP contribution in [-0.2, 0) is 11.2 Å². The number of anilines is 1. The van der Waals surface area contributed by atoms with E-state index in [0.29, 0.717) is 0 Å². The Morgan fingerprint density at radius 3 is 2.87 bits per heavy atom. The van der Waals surface area contributed by atoms with Gasteiger partial charge in [-0.25, -0.2) is 0 Å². The highest BCUT2D eigenvalue weighted by molar-refractivity contribution is 5.97. The van der Waals surface area contributed by atoms with Crippen molar-refractivity contribution in [1.29, 1.82) is 0 Å². The van der Waals surface area contributed by atoms with Crippen molar-refractivity contribution in [2.45, 2.75) is 38.8 Å². The Bertz CT molecular complexity index is 755. The molecule has 0 aliphatic carbocycles. The Balaban J connectivity index is 1.91. The molecule has 1 aliphatic rings. The number of fused-ring (bicyclic) bond motifs is 1. The predicted octanol–water partition coefficient (Wildman–Crippen LogP) is 2.72. The van der Waals surface area contributed by atoms with Crippen molar-refractivity contribution in [3.63, 3.8) is 0 Å². The lowest BCUT2D eigenvalue weighted by atomic mass is 9.96. The number of aromatic nitrogens is 2. The Hall–Kier alpha value is -2.70. The lowest BCUT2D eigenvalue weighted by Gasteiger charge is -2.36. The molecule has 120 valence electrons. The van der Waals surface area contributed by atoms with Gasteiger partial charge in [-0.15, -0.1) is 0 Å². The Kier molecular flexibility index (Phi) is 3.85. The zero-order valence-corrected chi connectivity index (χ0v) is 13.0. The molecule has 0 N–H and O–H groups in total. The third-order valence-electron chi connectivity index (χ3n) is 4.31. The minimum Gasteiger partial charge on any atom is -0.308 e. The molecule has 3 rings (SSSR count). The zero-order valence-electron chi connectivity index (χ0n) is 13.0. The van der Waals surface area contributed by atoms with Gasteiger partial charge in [0.2, 0.25) is 0 Å². The molecule has 2 aromatic rings. The number of carbonyl (C=O) groups excluding carboxylic acids is 1. The Labute approximate surface area is 133 Å². The van der Waals surface area contributed by atoms with Gasteiger partial charge in [0.1, 0.15) is 18.4 Å². The number of hydrogen-bond donors (Lipinski definition) is 0. The first-order valence-electron chi connectivity index (χ1n) is 7.58. The summed E-state index contributed by atoms with van der Waals surface area (Å²) in [5.41, 5.74) is 1.96. The highest BCUT2D eigenvalue weighted by Gasteiger charge is 2.32. The second-order valence-corrected chi connectivity index (χ2v) is 5.84. The van der Waals surface area contributed by atoms with E-state index in [-0.39, 0.29) is 17.6 Å². The van der Waals surface area contributed by atoms with Gasteiger partial charge in [-0.1, -0.05) is 18.2 Å². The van der Waals surface area contributed by atoms with E-state index in [2.05, 4.69) is 5.10 Å². The van der Waals surface area contributed by atoms with Crippen LogP contribution in [0.25, 0.3) is 0 Å². The van der Waals surface area contributed by atoms with Gasteiger partial charge in [0.25, 0.3) is 5.91 Å². The minimum absolute atomic E-state index is 0.0883. The van der Waals surface area contributed by atoms with E-state index in [1.54, 1.807) is 11.8 Å². The molecule has 0 fully saturated rings. The molecular weight excluding hydrogens is 296 g/mol. The lowest BCUT2D eigenvalue weighted by Crippen LogP contribution is -2.45. The lowest BCUT2D eigenvalue weighted by molar-refractivity contribution is -0.385. The van der Waals surface area contributed by atoms with Gasteiger partial charge in [0, 0.05) is 11.7 Å². The van der Waals surface area contributed by atoms with Crippen molar-refractivity contribution in [3.8, 4) is 0 Å². The summed E-state index contributed by atoms with van der Waals surface area (Å²) in [6, 6.07) is 7.35. The molecule has 7 nitrogen and oxygen atoms in total. The van der Waals surface area contributed by atoms with Crippen LogP contribution < -0.4 is 4.90 Å². The fraction of sp³-hybridized carbons (Fsp3) is 0.375. The molecule has 0 bridgehead atoms. The summed E-state index contributed by atoms with van der Waals surface area (Å²) in [5, 5.41) is 14.7. The second kappa shape index (κ2) is 5.83. The van der Waals surface area contributed by atoms with Gasteiger partial charge in [-0.2, -0.15) is 5.10 Å². The first-order valence-corrected chi connectivity index (χ1v) is 7.58. The monoisotopic (exact) mass is 314 g/mol. The maximum absolute atomic E-state index is 12.9. The molecule has 0 saturated heterocycles. The number of para-hydroxylation sites is 1. The van der Waals surface area contributed by atoms with Crippen molar-refractivity contribution < 1.29 is 9.72 Å². The number of hydrogen-bond acceptors (Lipinski definition) is 4. The van der Waals surface area contributed by atoms with E-state index in [4.69, 9.17) is 0 Å². The highest BCUT2D eigenvalue weighted by atomic mass is 16.6. The number of aryl methyl sites for hydroxylation is 1. The maximum atomic E-state index is 12.9. The van der Waals surface area contributed by atoms with Crippen molar-refractivity contribution in [2.24, 2.45) is 0 Å². The largest absolute Gasteiger partial charge is 0.308 e. The van der Waals surface area contributed by atoms with Crippen molar-refractivity contribution >= 4 is 17.3 Å². The maximum Gasteiger partial charge on any atom is 0.307 e. The number of benzene rings is 1. The Morgan fingerprint density at radius 1 is 1.43 bits per heavy atom. The van der Waals surface area contributed by atoms with Crippen molar-refractivity contribution in [2.75, 3.05) is 4.90 Å². The smallest absolute Gasteiger partial charge is 0.307 e. The fourth-order valence-electron chi connectivity index (χ4n) is 2.97. The van der Waals surface area contributed by atoms with Crippen LogP contribution in [0.5, 0.6) is 0 Å². The summed E-state index contributed by atoms with van der Waals surface area (Å²) in [5.74, 6) is -0.109. The molecule has 2 heterocycles. The van der Waals surface area contributed by atoms with E-state index < -0.39 is 11.0 Å². The summed E-state index contributed by atoms with van der Waals surface area (Å²) in [6.45, 7) is 3.73. The predicted molar refractivity (Wildman–Crippen MR) is 85.3 cm³/mol. The van der Waals surface area contributed by atoms with Crippen molar-refractivity contribution in [1.82, 2.24) is 9.78 Å². The van der Waals surface area contributed by atoms with E-state index >= 15 is 0 Å². The summed E-state index contributed by atoms with van der Waals surface area (Å²) in [7, 11) is 0. The second-order valence-electron chi connectivity index (χ2n) is 5.84. The molecule has 0 saturated carbocycles. The highest BCUT2D eigenvalue weighted by Crippen LogP contribution is 2.32. The van der Waals surface area contributed by atoms with Gasteiger partial charge in [-0.05, 0) is 38.3 Å². The van der Waals surface area contributed by atoms with Gasteiger partial charge >= 0.3 is 5.69 Å². The number of amides is 1. The topological polar surface area (TPSA) is 81.3 Å². The van der Waals surface area contributed by atoms with E-state index in [0.717, 1.165) is 30.3 Å².